The summed E-state index contributed by atoms with van der Waals surface area (Å²) in [6.45, 7) is 5.83. The molecule has 4 rings (SSSR count). The predicted molar refractivity (Wildman–Crippen MR) is 71.8 cm³/mol. The summed E-state index contributed by atoms with van der Waals surface area (Å²) in [6, 6.07) is 11.0. The van der Waals surface area contributed by atoms with E-state index >= 15 is 0 Å². The van der Waals surface area contributed by atoms with Crippen molar-refractivity contribution in [3.63, 3.8) is 0 Å². The summed E-state index contributed by atoms with van der Waals surface area (Å²) < 4.78 is 1.45. The van der Waals surface area contributed by atoms with E-state index in [0.717, 1.165) is 5.92 Å². The van der Waals surface area contributed by atoms with Crippen molar-refractivity contribution in [2.45, 2.75) is 32.1 Å². The Balaban J connectivity index is 0.00000120. The molecule has 3 aliphatic rings. The molecule has 0 aliphatic carbocycles. The summed E-state index contributed by atoms with van der Waals surface area (Å²) in [5.74, 6) is 1.09. The molecule has 0 aromatic heterocycles. The molecule has 1 nitrogen and oxygen atoms in total. The summed E-state index contributed by atoms with van der Waals surface area (Å²) in [6.07, 6.45) is 7.15. The predicted octanol–water partition coefficient (Wildman–Crippen LogP) is 0.254. The Morgan fingerprint density at radius 2 is 1.56 bits per heavy atom. The average Bonchev–Trinajstić information content (AvgIpc) is 2.42. The zero-order chi connectivity index (χ0) is 11.6. The number of hydrogen-bond acceptors (Lipinski definition) is 0. The summed E-state index contributed by atoms with van der Waals surface area (Å²) in [5, 5.41) is 0. The van der Waals surface area contributed by atoms with Crippen LogP contribution < -0.4 is 17.0 Å². The summed E-state index contributed by atoms with van der Waals surface area (Å²) >= 11 is 0. The molecule has 100 valence electrons. The highest BCUT2D eigenvalue weighted by Crippen LogP contribution is 2.33. The lowest BCUT2D eigenvalue weighted by Crippen LogP contribution is -3.00. The quantitative estimate of drug-likeness (QED) is 0.700. The Labute approximate surface area is 122 Å². The number of benzene rings is 1. The molecule has 0 radical (unpaired) electrons. The Morgan fingerprint density at radius 3 is 2.17 bits per heavy atom. The fraction of sp³-hybridized carbons (Fsp3) is 0.625. The standard InChI is InChI=1S/C16H24N.BrH/c1-2-5-15(6-3-1)7-4-11-17-12-8-16(9-13-17)10-14-17;/h1-3,5-6,16H,4,7-14H2;1H/q+1;/p-1. The van der Waals surface area contributed by atoms with Gasteiger partial charge in [0.05, 0.1) is 26.2 Å². The number of rotatable bonds is 4. The lowest BCUT2D eigenvalue weighted by atomic mass is 9.85. The van der Waals surface area contributed by atoms with Gasteiger partial charge in [0, 0.05) is 6.42 Å². The molecule has 0 spiro atoms. The maximum atomic E-state index is 2.27. The highest BCUT2D eigenvalue weighted by Gasteiger charge is 2.38. The molecule has 0 unspecified atom stereocenters. The molecule has 0 amide bonds. The molecule has 3 heterocycles. The number of hydrogen-bond donors (Lipinski definition) is 0. The number of halogens is 1. The van der Waals surface area contributed by atoms with Crippen molar-refractivity contribution in [2.24, 2.45) is 5.92 Å². The van der Waals surface area contributed by atoms with Gasteiger partial charge in [-0.2, -0.15) is 0 Å². The topological polar surface area (TPSA) is 0 Å². The largest absolute Gasteiger partial charge is 1.00 e. The van der Waals surface area contributed by atoms with E-state index in [4.69, 9.17) is 0 Å². The van der Waals surface area contributed by atoms with E-state index in [2.05, 4.69) is 30.3 Å². The molecule has 0 saturated carbocycles. The van der Waals surface area contributed by atoms with E-state index in [1.165, 1.54) is 68.3 Å². The van der Waals surface area contributed by atoms with E-state index in [0.29, 0.717) is 0 Å². The maximum Gasteiger partial charge on any atom is 0.0789 e. The second-order valence-electron chi connectivity index (χ2n) is 6.06. The van der Waals surface area contributed by atoms with Gasteiger partial charge in [-0.25, -0.2) is 0 Å². The summed E-state index contributed by atoms with van der Waals surface area (Å²) in [5.41, 5.74) is 1.51. The van der Waals surface area contributed by atoms with E-state index in [-0.39, 0.29) is 17.0 Å². The van der Waals surface area contributed by atoms with E-state index in [1.807, 2.05) is 0 Å². The van der Waals surface area contributed by atoms with Crippen molar-refractivity contribution in [3.05, 3.63) is 35.9 Å². The molecule has 18 heavy (non-hydrogen) atoms. The Hall–Kier alpha value is -0.340. The molecule has 0 N–H and O–H groups in total. The number of quaternary nitrogens is 1. The molecular weight excluding hydrogens is 286 g/mol. The molecule has 0 atom stereocenters. The minimum absolute atomic E-state index is 0. The normalized spacial score (nSPS) is 29.9. The second kappa shape index (κ2) is 6.21. The van der Waals surface area contributed by atoms with Gasteiger partial charge in [0.25, 0.3) is 0 Å². The number of piperidine rings is 3. The highest BCUT2D eigenvalue weighted by molar-refractivity contribution is 5.14. The SMILES string of the molecule is [Br-].c1ccc(CCC[N+]23CCC(CC2)CC3)cc1. The van der Waals surface area contributed by atoms with Crippen LogP contribution in [-0.4, -0.2) is 30.7 Å². The first-order valence-electron chi connectivity index (χ1n) is 7.25. The van der Waals surface area contributed by atoms with E-state index < -0.39 is 0 Å². The lowest BCUT2D eigenvalue weighted by Gasteiger charge is -2.49. The van der Waals surface area contributed by atoms with E-state index in [1.54, 1.807) is 0 Å². The minimum Gasteiger partial charge on any atom is -1.00 e. The fourth-order valence-electron chi connectivity index (χ4n) is 3.74. The van der Waals surface area contributed by atoms with Crippen LogP contribution in [0.3, 0.4) is 0 Å². The van der Waals surface area contributed by atoms with Crippen LogP contribution in [-0.2, 0) is 6.42 Å². The third kappa shape index (κ3) is 3.16. The van der Waals surface area contributed by atoms with Crippen molar-refractivity contribution in [1.29, 1.82) is 0 Å². The first kappa shape index (κ1) is 14.1. The molecule has 2 heteroatoms. The molecular formula is C16H24BrN. The summed E-state index contributed by atoms with van der Waals surface area (Å²) in [7, 11) is 0. The van der Waals surface area contributed by atoms with Gasteiger partial charge in [0.1, 0.15) is 0 Å². The van der Waals surface area contributed by atoms with Crippen LogP contribution in [0, 0.1) is 5.92 Å². The van der Waals surface area contributed by atoms with Gasteiger partial charge in [0.15, 0.2) is 0 Å². The van der Waals surface area contributed by atoms with Crippen LogP contribution in [0.25, 0.3) is 0 Å². The Bertz CT molecular complexity index is 341. The monoisotopic (exact) mass is 309 g/mol. The number of nitrogens with zero attached hydrogens (tertiary/aromatic N) is 1. The first-order chi connectivity index (χ1) is 8.36. The van der Waals surface area contributed by atoms with Crippen LogP contribution in [0.1, 0.15) is 31.2 Å². The minimum atomic E-state index is 0. The third-order valence-corrected chi connectivity index (χ3v) is 4.98. The molecule has 3 fully saturated rings. The highest BCUT2D eigenvalue weighted by atomic mass is 79.9. The van der Waals surface area contributed by atoms with Gasteiger partial charge in [0.2, 0.25) is 0 Å². The molecule has 1 aromatic carbocycles. The van der Waals surface area contributed by atoms with Gasteiger partial charge in [-0.15, -0.1) is 0 Å². The molecule has 3 aliphatic heterocycles. The smallest absolute Gasteiger partial charge is 0.0789 e. The van der Waals surface area contributed by atoms with E-state index in [9.17, 15) is 0 Å². The van der Waals surface area contributed by atoms with Crippen molar-refractivity contribution >= 4 is 0 Å². The number of aryl methyl sites for hydroxylation is 1. The van der Waals surface area contributed by atoms with Gasteiger partial charge >= 0.3 is 0 Å². The molecule has 2 bridgehead atoms. The van der Waals surface area contributed by atoms with Gasteiger partial charge in [-0.1, -0.05) is 30.3 Å². The Morgan fingerprint density at radius 1 is 0.944 bits per heavy atom. The third-order valence-electron chi connectivity index (χ3n) is 4.98. The summed E-state index contributed by atoms with van der Waals surface area (Å²) in [4.78, 5) is 0. The van der Waals surface area contributed by atoms with Crippen molar-refractivity contribution in [1.82, 2.24) is 0 Å². The second-order valence-corrected chi connectivity index (χ2v) is 6.06. The zero-order valence-electron chi connectivity index (χ0n) is 11.2. The molecule has 1 aromatic rings. The van der Waals surface area contributed by atoms with Crippen LogP contribution in [0.15, 0.2) is 30.3 Å². The van der Waals surface area contributed by atoms with Crippen LogP contribution >= 0.6 is 0 Å². The average molecular weight is 310 g/mol. The van der Waals surface area contributed by atoms with Gasteiger partial charge in [-0.05, 0) is 37.2 Å². The zero-order valence-corrected chi connectivity index (χ0v) is 12.7. The molecule has 3 saturated heterocycles. The van der Waals surface area contributed by atoms with Crippen molar-refractivity contribution < 1.29 is 21.5 Å². The fourth-order valence-corrected chi connectivity index (χ4v) is 3.74. The first-order valence-corrected chi connectivity index (χ1v) is 7.25. The van der Waals surface area contributed by atoms with Crippen LogP contribution in [0.5, 0.6) is 0 Å². The van der Waals surface area contributed by atoms with Crippen LogP contribution in [0.2, 0.25) is 0 Å². The van der Waals surface area contributed by atoms with Crippen molar-refractivity contribution in [2.75, 3.05) is 26.2 Å². The Kier molecular flexibility index (Phi) is 4.85. The van der Waals surface area contributed by atoms with Crippen molar-refractivity contribution in [3.8, 4) is 0 Å². The van der Waals surface area contributed by atoms with Gasteiger partial charge in [-0.3, -0.25) is 0 Å². The number of fused-ring (bicyclic) bond motifs is 3. The van der Waals surface area contributed by atoms with Crippen LogP contribution in [0.4, 0.5) is 0 Å². The lowest BCUT2D eigenvalue weighted by molar-refractivity contribution is -0.942. The maximum absolute atomic E-state index is 2.27. The van der Waals surface area contributed by atoms with Gasteiger partial charge < -0.3 is 21.5 Å².